The van der Waals surface area contributed by atoms with Crippen LogP contribution in [0.15, 0.2) is 47.6 Å². The van der Waals surface area contributed by atoms with Crippen LogP contribution in [0.5, 0.6) is 5.75 Å². The van der Waals surface area contributed by atoms with Crippen LogP contribution in [0.4, 0.5) is 5.82 Å². The van der Waals surface area contributed by atoms with E-state index in [4.69, 9.17) is 4.74 Å². The minimum Gasteiger partial charge on any atom is -0.496 e. The van der Waals surface area contributed by atoms with E-state index in [2.05, 4.69) is 43.7 Å². The highest BCUT2D eigenvalue weighted by atomic mass is 127. The van der Waals surface area contributed by atoms with E-state index in [-0.39, 0.29) is 30.0 Å². The lowest BCUT2D eigenvalue weighted by molar-refractivity contribution is 0.239. The summed E-state index contributed by atoms with van der Waals surface area (Å²) in [5, 5.41) is 6.95. The molecule has 0 saturated carbocycles. The summed E-state index contributed by atoms with van der Waals surface area (Å²) in [4.78, 5) is 13.5. The third-order valence-electron chi connectivity index (χ3n) is 5.50. The van der Waals surface area contributed by atoms with Crippen LogP contribution in [0, 0.1) is 0 Å². The maximum atomic E-state index is 5.65. The lowest BCUT2D eigenvalue weighted by Crippen LogP contribution is -2.42. The molecule has 0 bridgehead atoms. The number of anilines is 1. The quantitative estimate of drug-likeness (QED) is 0.306. The van der Waals surface area contributed by atoms with Gasteiger partial charge in [0, 0.05) is 51.6 Å². The molecular weight excluding hydrogens is 503 g/mol. The number of hydrogen-bond acceptors (Lipinski definition) is 5. The molecule has 1 aliphatic rings. The second kappa shape index (κ2) is 12.7. The minimum atomic E-state index is 0. The Morgan fingerprint density at radius 3 is 2.58 bits per heavy atom. The standard InChI is InChI=1S/C23H34N6O.HI/c1-24-23(26-16-18-10-9-13-25-22(18)28(2)3)27-17-20(29-14-7-8-15-29)19-11-5-6-12-21(19)30-4;/h5-6,9-13,20H,7-8,14-17H2,1-4H3,(H2,24,26,27);1H. The van der Waals surface area contributed by atoms with Crippen molar-refractivity contribution in [2.45, 2.75) is 25.4 Å². The summed E-state index contributed by atoms with van der Waals surface area (Å²) < 4.78 is 5.65. The average Bonchev–Trinajstić information content (AvgIpc) is 3.31. The van der Waals surface area contributed by atoms with Crippen molar-refractivity contribution in [3.63, 3.8) is 0 Å². The van der Waals surface area contributed by atoms with Crippen LogP contribution in [0.3, 0.4) is 0 Å². The lowest BCUT2D eigenvalue weighted by Gasteiger charge is -2.30. The molecule has 7 nitrogen and oxygen atoms in total. The zero-order valence-electron chi connectivity index (χ0n) is 19.0. The molecule has 3 rings (SSSR count). The summed E-state index contributed by atoms with van der Waals surface area (Å²) in [6, 6.07) is 12.6. The van der Waals surface area contributed by atoms with Gasteiger partial charge in [-0.2, -0.15) is 0 Å². The molecule has 1 aliphatic heterocycles. The van der Waals surface area contributed by atoms with Gasteiger partial charge in [-0.05, 0) is 38.1 Å². The number of methoxy groups -OCH3 is 1. The Labute approximate surface area is 203 Å². The molecule has 8 heteroatoms. The van der Waals surface area contributed by atoms with Gasteiger partial charge in [0.15, 0.2) is 5.96 Å². The average molecular weight is 538 g/mol. The first-order valence-electron chi connectivity index (χ1n) is 10.6. The molecule has 0 amide bonds. The molecule has 1 atom stereocenters. The van der Waals surface area contributed by atoms with Crippen LogP contribution in [0.1, 0.15) is 30.0 Å². The SMILES string of the molecule is CN=C(NCc1cccnc1N(C)C)NCC(c1ccccc1OC)N1CCCC1.I. The van der Waals surface area contributed by atoms with Crippen LogP contribution in [-0.4, -0.2) is 63.7 Å². The van der Waals surface area contributed by atoms with Crippen LogP contribution in [0.25, 0.3) is 0 Å². The van der Waals surface area contributed by atoms with E-state index in [9.17, 15) is 0 Å². The number of pyridine rings is 1. The fraction of sp³-hybridized carbons (Fsp3) is 0.478. The minimum absolute atomic E-state index is 0. The number of hydrogen-bond donors (Lipinski definition) is 2. The molecule has 1 unspecified atom stereocenters. The fourth-order valence-electron chi connectivity index (χ4n) is 3.99. The van der Waals surface area contributed by atoms with Crippen molar-refractivity contribution in [1.29, 1.82) is 0 Å². The van der Waals surface area contributed by atoms with Crippen molar-refractivity contribution in [3.05, 3.63) is 53.7 Å². The molecule has 0 aliphatic carbocycles. The van der Waals surface area contributed by atoms with Crippen LogP contribution in [0.2, 0.25) is 0 Å². The van der Waals surface area contributed by atoms with Gasteiger partial charge in [0.1, 0.15) is 11.6 Å². The van der Waals surface area contributed by atoms with Crippen molar-refractivity contribution in [2.24, 2.45) is 4.99 Å². The number of ether oxygens (including phenoxy) is 1. The molecular formula is C23H35IN6O. The Hall–Kier alpha value is -2.07. The summed E-state index contributed by atoms with van der Waals surface area (Å²) in [6.45, 7) is 3.63. The zero-order valence-corrected chi connectivity index (χ0v) is 21.3. The normalized spacial score (nSPS) is 15.2. The highest BCUT2D eigenvalue weighted by Gasteiger charge is 2.26. The lowest BCUT2D eigenvalue weighted by atomic mass is 10.0. The van der Waals surface area contributed by atoms with Crippen molar-refractivity contribution in [2.75, 3.05) is 52.8 Å². The molecule has 0 spiro atoms. The van der Waals surface area contributed by atoms with Gasteiger partial charge in [0.2, 0.25) is 0 Å². The molecule has 1 aromatic heterocycles. The van der Waals surface area contributed by atoms with Gasteiger partial charge in [-0.25, -0.2) is 4.98 Å². The Morgan fingerprint density at radius 1 is 1.16 bits per heavy atom. The van der Waals surface area contributed by atoms with E-state index in [1.54, 1.807) is 14.2 Å². The Bertz CT molecular complexity index is 838. The molecule has 0 radical (unpaired) electrons. The summed E-state index contributed by atoms with van der Waals surface area (Å²) in [5.41, 5.74) is 2.35. The molecule has 31 heavy (non-hydrogen) atoms. The number of para-hydroxylation sites is 1. The predicted molar refractivity (Wildman–Crippen MR) is 139 cm³/mol. The number of aromatic nitrogens is 1. The summed E-state index contributed by atoms with van der Waals surface area (Å²) in [7, 11) is 7.56. The third kappa shape index (κ3) is 6.70. The maximum absolute atomic E-state index is 5.65. The van der Waals surface area contributed by atoms with Crippen molar-refractivity contribution < 1.29 is 4.74 Å². The monoisotopic (exact) mass is 538 g/mol. The number of guanidine groups is 1. The van der Waals surface area contributed by atoms with Crippen molar-refractivity contribution in [3.8, 4) is 5.75 Å². The molecule has 2 N–H and O–H groups in total. The maximum Gasteiger partial charge on any atom is 0.191 e. The number of likely N-dealkylation sites (tertiary alicyclic amines) is 1. The fourth-order valence-corrected chi connectivity index (χ4v) is 3.99. The zero-order chi connectivity index (χ0) is 21.3. The smallest absolute Gasteiger partial charge is 0.191 e. The summed E-state index contributed by atoms with van der Waals surface area (Å²) in [6.07, 6.45) is 4.31. The Morgan fingerprint density at radius 2 is 1.90 bits per heavy atom. The van der Waals surface area contributed by atoms with Gasteiger partial charge in [-0.15, -0.1) is 24.0 Å². The van der Waals surface area contributed by atoms with Gasteiger partial charge in [-0.3, -0.25) is 9.89 Å². The third-order valence-corrected chi connectivity index (χ3v) is 5.50. The number of halogens is 1. The summed E-state index contributed by atoms with van der Waals surface area (Å²) >= 11 is 0. The largest absolute Gasteiger partial charge is 0.496 e. The van der Waals surface area contributed by atoms with Crippen LogP contribution in [-0.2, 0) is 6.54 Å². The number of aliphatic imine (C=N–C) groups is 1. The number of nitrogens with zero attached hydrogens (tertiary/aromatic N) is 4. The van der Waals surface area contributed by atoms with E-state index in [1.807, 2.05) is 43.4 Å². The molecule has 170 valence electrons. The second-order valence-corrected chi connectivity index (χ2v) is 7.69. The second-order valence-electron chi connectivity index (χ2n) is 7.69. The highest BCUT2D eigenvalue weighted by Crippen LogP contribution is 2.31. The molecule has 2 aromatic rings. The van der Waals surface area contributed by atoms with Gasteiger partial charge >= 0.3 is 0 Å². The highest BCUT2D eigenvalue weighted by molar-refractivity contribution is 14.0. The van der Waals surface area contributed by atoms with Gasteiger partial charge in [0.25, 0.3) is 0 Å². The molecule has 2 heterocycles. The summed E-state index contributed by atoms with van der Waals surface area (Å²) in [5.74, 6) is 2.68. The number of nitrogens with one attached hydrogen (secondary N) is 2. The topological polar surface area (TPSA) is 65.0 Å². The van der Waals surface area contributed by atoms with Gasteiger partial charge in [0.05, 0.1) is 13.2 Å². The van der Waals surface area contributed by atoms with E-state index < -0.39 is 0 Å². The van der Waals surface area contributed by atoms with E-state index >= 15 is 0 Å². The van der Waals surface area contributed by atoms with E-state index in [0.29, 0.717) is 6.54 Å². The number of benzene rings is 1. The van der Waals surface area contributed by atoms with Crippen molar-refractivity contribution in [1.82, 2.24) is 20.5 Å². The molecule has 1 aromatic carbocycles. The van der Waals surface area contributed by atoms with Crippen molar-refractivity contribution >= 4 is 35.8 Å². The molecule has 1 saturated heterocycles. The van der Waals surface area contributed by atoms with Crippen LogP contribution < -0.4 is 20.3 Å². The van der Waals surface area contributed by atoms with Crippen LogP contribution >= 0.6 is 24.0 Å². The van der Waals surface area contributed by atoms with Gasteiger partial charge in [-0.1, -0.05) is 24.3 Å². The Kier molecular flexibility index (Phi) is 10.3. The van der Waals surface area contributed by atoms with Gasteiger partial charge < -0.3 is 20.3 Å². The van der Waals surface area contributed by atoms with E-state index in [1.165, 1.54) is 18.4 Å². The first-order chi connectivity index (χ1) is 14.6. The first kappa shape index (κ1) is 25.2. The molecule has 1 fully saturated rings. The first-order valence-corrected chi connectivity index (χ1v) is 10.6. The number of rotatable bonds is 8. The van der Waals surface area contributed by atoms with E-state index in [0.717, 1.165) is 42.7 Å². The Balaban J connectivity index is 0.00000341. The predicted octanol–water partition coefficient (Wildman–Crippen LogP) is 3.28.